The van der Waals surface area contributed by atoms with Gasteiger partial charge in [0.1, 0.15) is 0 Å². The number of hydrogen-bond acceptors (Lipinski definition) is 1. The van der Waals surface area contributed by atoms with Gasteiger partial charge in [0.25, 0.3) is 0 Å². The third kappa shape index (κ3) is 4.51. The van der Waals surface area contributed by atoms with E-state index in [4.69, 9.17) is 0 Å². The molecule has 0 saturated heterocycles. The highest BCUT2D eigenvalue weighted by Gasteiger charge is 2.06. The van der Waals surface area contributed by atoms with Gasteiger partial charge in [-0.15, -0.1) is 0 Å². The zero-order valence-electron chi connectivity index (χ0n) is 12.1. The number of benzene rings is 1. The van der Waals surface area contributed by atoms with E-state index in [-0.39, 0.29) is 0 Å². The maximum Gasteiger partial charge on any atom is 0.0213 e. The molecule has 0 heterocycles. The van der Waals surface area contributed by atoms with E-state index in [1.807, 2.05) is 0 Å². The lowest BCUT2D eigenvalue weighted by Gasteiger charge is -2.16. The molecule has 0 radical (unpaired) electrons. The summed E-state index contributed by atoms with van der Waals surface area (Å²) in [4.78, 5) is 0. The minimum absolute atomic E-state index is 0.620. The first-order chi connectivity index (χ1) is 8.04. The molecule has 0 spiro atoms. The van der Waals surface area contributed by atoms with Gasteiger partial charge in [-0.25, -0.2) is 0 Å². The highest BCUT2D eigenvalue weighted by molar-refractivity contribution is 5.37. The summed E-state index contributed by atoms with van der Waals surface area (Å²) in [5.74, 6) is 0. The van der Waals surface area contributed by atoms with Crippen molar-refractivity contribution in [1.82, 2.24) is 5.32 Å². The van der Waals surface area contributed by atoms with Crippen molar-refractivity contribution in [3.8, 4) is 0 Å². The third-order valence-electron chi connectivity index (χ3n) is 3.46. The Bertz CT molecular complexity index is 332. The van der Waals surface area contributed by atoms with Gasteiger partial charge in [-0.1, -0.05) is 37.5 Å². The van der Waals surface area contributed by atoms with Crippen molar-refractivity contribution in [2.45, 2.75) is 66.5 Å². The van der Waals surface area contributed by atoms with E-state index in [1.54, 1.807) is 0 Å². The van der Waals surface area contributed by atoms with Crippen LogP contribution in [0.5, 0.6) is 0 Å². The molecule has 1 atom stereocenters. The van der Waals surface area contributed by atoms with E-state index in [9.17, 15) is 0 Å². The minimum atomic E-state index is 0.620. The predicted molar refractivity (Wildman–Crippen MR) is 76.5 cm³/mol. The molecular weight excluding hydrogens is 206 g/mol. The standard InChI is InChI=1S/C16H27N/c1-6-7-8-15(5)17-11-16-13(3)9-12(2)10-14(16)4/h9-10,15,17H,6-8,11H2,1-5H3. The van der Waals surface area contributed by atoms with Gasteiger partial charge in [-0.3, -0.25) is 0 Å². The summed E-state index contributed by atoms with van der Waals surface area (Å²) in [5, 5.41) is 3.63. The van der Waals surface area contributed by atoms with Gasteiger partial charge < -0.3 is 5.32 Å². The zero-order valence-corrected chi connectivity index (χ0v) is 12.1. The van der Waals surface area contributed by atoms with Crippen molar-refractivity contribution < 1.29 is 0 Å². The van der Waals surface area contributed by atoms with Crippen LogP contribution < -0.4 is 5.32 Å². The molecule has 0 aliphatic rings. The average Bonchev–Trinajstić information content (AvgIpc) is 2.24. The second-order valence-corrected chi connectivity index (χ2v) is 5.30. The molecule has 0 fully saturated rings. The van der Waals surface area contributed by atoms with Crippen LogP contribution in [-0.4, -0.2) is 6.04 Å². The molecule has 0 aliphatic heterocycles. The first kappa shape index (κ1) is 14.2. The first-order valence-electron chi connectivity index (χ1n) is 6.84. The average molecular weight is 233 g/mol. The maximum absolute atomic E-state index is 3.63. The fraction of sp³-hybridized carbons (Fsp3) is 0.625. The summed E-state index contributed by atoms with van der Waals surface area (Å²) in [6.07, 6.45) is 3.88. The van der Waals surface area contributed by atoms with Gasteiger partial charge in [0.05, 0.1) is 0 Å². The number of aryl methyl sites for hydroxylation is 3. The van der Waals surface area contributed by atoms with Crippen LogP contribution in [0.3, 0.4) is 0 Å². The second kappa shape index (κ2) is 6.80. The molecule has 0 aliphatic carbocycles. The molecule has 0 saturated carbocycles. The van der Waals surface area contributed by atoms with Crippen molar-refractivity contribution in [2.75, 3.05) is 0 Å². The minimum Gasteiger partial charge on any atom is -0.310 e. The maximum atomic E-state index is 3.63. The van der Waals surface area contributed by atoms with E-state index < -0.39 is 0 Å². The molecule has 1 rings (SSSR count). The summed E-state index contributed by atoms with van der Waals surface area (Å²) >= 11 is 0. The molecule has 1 aromatic carbocycles. The Kier molecular flexibility index (Phi) is 5.70. The Labute approximate surface area is 107 Å². The lowest BCUT2D eigenvalue weighted by Crippen LogP contribution is -2.26. The Morgan fingerprint density at radius 3 is 2.24 bits per heavy atom. The lowest BCUT2D eigenvalue weighted by molar-refractivity contribution is 0.493. The lowest BCUT2D eigenvalue weighted by atomic mass is 9.99. The van der Waals surface area contributed by atoms with Crippen molar-refractivity contribution in [1.29, 1.82) is 0 Å². The van der Waals surface area contributed by atoms with Crippen molar-refractivity contribution in [3.63, 3.8) is 0 Å². The fourth-order valence-corrected chi connectivity index (χ4v) is 2.38. The molecule has 96 valence electrons. The molecule has 1 aromatic rings. The summed E-state index contributed by atoms with van der Waals surface area (Å²) < 4.78 is 0. The van der Waals surface area contributed by atoms with Crippen LogP contribution in [0.2, 0.25) is 0 Å². The van der Waals surface area contributed by atoms with E-state index >= 15 is 0 Å². The summed E-state index contributed by atoms with van der Waals surface area (Å²) in [6, 6.07) is 5.18. The van der Waals surface area contributed by atoms with Gasteiger partial charge in [-0.05, 0) is 50.8 Å². The van der Waals surface area contributed by atoms with Crippen LogP contribution in [0.4, 0.5) is 0 Å². The van der Waals surface area contributed by atoms with Crippen molar-refractivity contribution in [3.05, 3.63) is 34.4 Å². The van der Waals surface area contributed by atoms with E-state index in [0.717, 1.165) is 6.54 Å². The number of unbranched alkanes of at least 4 members (excludes halogenated alkanes) is 1. The Hall–Kier alpha value is -0.820. The normalized spacial score (nSPS) is 12.8. The fourth-order valence-electron chi connectivity index (χ4n) is 2.38. The van der Waals surface area contributed by atoms with Crippen LogP contribution in [0.25, 0.3) is 0 Å². The summed E-state index contributed by atoms with van der Waals surface area (Å²) in [7, 11) is 0. The topological polar surface area (TPSA) is 12.0 Å². The van der Waals surface area contributed by atoms with Crippen LogP contribution in [0.1, 0.15) is 55.4 Å². The number of nitrogens with one attached hydrogen (secondary N) is 1. The Balaban J connectivity index is 2.57. The van der Waals surface area contributed by atoms with Gasteiger partial charge in [0, 0.05) is 12.6 Å². The predicted octanol–water partition coefficient (Wildman–Crippen LogP) is 4.28. The summed E-state index contributed by atoms with van der Waals surface area (Å²) in [5.41, 5.74) is 5.66. The molecule has 1 N–H and O–H groups in total. The van der Waals surface area contributed by atoms with Crippen molar-refractivity contribution >= 4 is 0 Å². The molecule has 1 nitrogen and oxygen atoms in total. The molecular formula is C16H27N. The third-order valence-corrected chi connectivity index (χ3v) is 3.46. The highest BCUT2D eigenvalue weighted by Crippen LogP contribution is 2.16. The molecule has 0 amide bonds. The van der Waals surface area contributed by atoms with Gasteiger partial charge in [0.15, 0.2) is 0 Å². The number of hydrogen-bond donors (Lipinski definition) is 1. The summed E-state index contributed by atoms with van der Waals surface area (Å²) in [6.45, 7) is 12.1. The molecule has 0 aromatic heterocycles. The highest BCUT2D eigenvalue weighted by atomic mass is 14.9. The van der Waals surface area contributed by atoms with Crippen LogP contribution in [0, 0.1) is 20.8 Å². The van der Waals surface area contributed by atoms with Gasteiger partial charge in [-0.2, -0.15) is 0 Å². The molecule has 1 unspecified atom stereocenters. The van der Waals surface area contributed by atoms with E-state index in [0.29, 0.717) is 6.04 Å². The largest absolute Gasteiger partial charge is 0.310 e. The van der Waals surface area contributed by atoms with Gasteiger partial charge in [0.2, 0.25) is 0 Å². The van der Waals surface area contributed by atoms with Crippen LogP contribution in [0.15, 0.2) is 12.1 Å². The SMILES string of the molecule is CCCCC(C)NCc1c(C)cc(C)cc1C. The monoisotopic (exact) mass is 233 g/mol. The first-order valence-corrected chi connectivity index (χ1v) is 6.84. The molecule has 1 heteroatoms. The smallest absolute Gasteiger partial charge is 0.0213 e. The van der Waals surface area contributed by atoms with Gasteiger partial charge >= 0.3 is 0 Å². The quantitative estimate of drug-likeness (QED) is 0.773. The van der Waals surface area contributed by atoms with Crippen LogP contribution in [-0.2, 0) is 6.54 Å². The second-order valence-electron chi connectivity index (χ2n) is 5.30. The van der Waals surface area contributed by atoms with E-state index in [2.05, 4.69) is 52.1 Å². The molecule has 0 bridgehead atoms. The Morgan fingerprint density at radius 1 is 1.12 bits per heavy atom. The zero-order chi connectivity index (χ0) is 12.8. The molecule has 17 heavy (non-hydrogen) atoms. The van der Waals surface area contributed by atoms with E-state index in [1.165, 1.54) is 41.5 Å². The number of rotatable bonds is 6. The van der Waals surface area contributed by atoms with Crippen molar-refractivity contribution in [2.24, 2.45) is 0 Å². The Morgan fingerprint density at radius 2 is 1.71 bits per heavy atom. The van der Waals surface area contributed by atoms with Crippen LogP contribution >= 0.6 is 0 Å².